The van der Waals surface area contributed by atoms with Gasteiger partial charge in [-0.1, -0.05) is 36.4 Å². The molecule has 2 heterocycles. The highest BCUT2D eigenvalue weighted by Gasteiger charge is 2.31. The quantitative estimate of drug-likeness (QED) is 0.532. The van der Waals surface area contributed by atoms with Gasteiger partial charge in [0.1, 0.15) is 5.00 Å². The van der Waals surface area contributed by atoms with Gasteiger partial charge in [-0.05, 0) is 60.3 Å². The molecule has 0 fully saturated rings. The van der Waals surface area contributed by atoms with Crippen LogP contribution in [-0.4, -0.2) is 4.37 Å². The van der Waals surface area contributed by atoms with Crippen molar-refractivity contribution in [1.82, 2.24) is 4.37 Å². The molecule has 3 aromatic rings. The molecule has 0 aliphatic carbocycles. The molecular formula is C20H15F3N2S. The molecule has 2 aromatic carbocycles. The maximum absolute atomic E-state index is 13.2. The third-order valence-electron chi connectivity index (χ3n) is 4.31. The Labute approximate surface area is 153 Å². The number of fused-ring (bicyclic) bond motifs is 1. The SMILES string of the molecule is Cc1cc(N2C(c3cccc(C(F)(F)F)c3)=CCc3ccccc32)sn1. The van der Waals surface area contributed by atoms with Crippen LogP contribution in [0, 0.1) is 6.92 Å². The minimum Gasteiger partial charge on any atom is -0.300 e. The second-order valence-electron chi connectivity index (χ2n) is 6.14. The summed E-state index contributed by atoms with van der Waals surface area (Å²) >= 11 is 1.34. The molecule has 0 N–H and O–H groups in total. The van der Waals surface area contributed by atoms with Gasteiger partial charge in [0.05, 0.1) is 22.6 Å². The number of alkyl halides is 3. The fraction of sp³-hybridized carbons (Fsp3) is 0.150. The van der Waals surface area contributed by atoms with Crippen LogP contribution >= 0.6 is 11.5 Å². The van der Waals surface area contributed by atoms with E-state index in [0.29, 0.717) is 12.0 Å². The molecule has 0 bridgehead atoms. The molecule has 0 saturated heterocycles. The summed E-state index contributed by atoms with van der Waals surface area (Å²) in [6.45, 7) is 1.91. The molecular weight excluding hydrogens is 357 g/mol. The van der Waals surface area contributed by atoms with Crippen LogP contribution < -0.4 is 4.90 Å². The van der Waals surface area contributed by atoms with Gasteiger partial charge in [-0.3, -0.25) is 0 Å². The number of rotatable bonds is 2. The van der Waals surface area contributed by atoms with Gasteiger partial charge in [-0.25, -0.2) is 0 Å². The fourth-order valence-corrected chi connectivity index (χ4v) is 3.92. The molecule has 26 heavy (non-hydrogen) atoms. The van der Waals surface area contributed by atoms with E-state index in [-0.39, 0.29) is 0 Å². The minimum absolute atomic E-state index is 0.542. The lowest BCUT2D eigenvalue weighted by Gasteiger charge is -2.31. The molecule has 1 aliphatic rings. The summed E-state index contributed by atoms with van der Waals surface area (Å²) < 4.78 is 43.8. The average molecular weight is 372 g/mol. The summed E-state index contributed by atoms with van der Waals surface area (Å²) in [4.78, 5) is 2.00. The van der Waals surface area contributed by atoms with E-state index in [1.807, 2.05) is 48.2 Å². The van der Waals surface area contributed by atoms with Crippen molar-refractivity contribution in [2.24, 2.45) is 0 Å². The summed E-state index contributed by atoms with van der Waals surface area (Å²) in [5.74, 6) is 0. The Kier molecular flexibility index (Phi) is 4.07. The van der Waals surface area contributed by atoms with Crippen LogP contribution in [-0.2, 0) is 12.6 Å². The molecule has 2 nitrogen and oxygen atoms in total. The van der Waals surface area contributed by atoms with Gasteiger partial charge in [-0.2, -0.15) is 17.5 Å². The monoisotopic (exact) mass is 372 g/mol. The number of para-hydroxylation sites is 1. The molecule has 0 unspecified atom stereocenters. The lowest BCUT2D eigenvalue weighted by atomic mass is 9.98. The fourth-order valence-electron chi connectivity index (χ4n) is 3.12. The number of benzene rings is 2. The minimum atomic E-state index is -4.37. The molecule has 0 saturated carbocycles. The molecule has 132 valence electrons. The van der Waals surface area contributed by atoms with Gasteiger partial charge in [0.15, 0.2) is 0 Å². The van der Waals surface area contributed by atoms with Gasteiger partial charge >= 0.3 is 6.18 Å². The van der Waals surface area contributed by atoms with Crippen molar-refractivity contribution in [2.75, 3.05) is 4.90 Å². The van der Waals surface area contributed by atoms with Crippen LogP contribution in [0.4, 0.5) is 23.9 Å². The molecule has 1 aliphatic heterocycles. The van der Waals surface area contributed by atoms with E-state index in [4.69, 9.17) is 0 Å². The van der Waals surface area contributed by atoms with E-state index in [9.17, 15) is 13.2 Å². The summed E-state index contributed by atoms with van der Waals surface area (Å²) in [5, 5.41) is 0.887. The Hall–Kier alpha value is -2.60. The zero-order chi connectivity index (χ0) is 18.3. The van der Waals surface area contributed by atoms with Gasteiger partial charge in [0, 0.05) is 0 Å². The van der Waals surface area contributed by atoms with Crippen molar-refractivity contribution >= 4 is 27.9 Å². The molecule has 0 amide bonds. The van der Waals surface area contributed by atoms with Crippen molar-refractivity contribution in [3.63, 3.8) is 0 Å². The van der Waals surface area contributed by atoms with Crippen LogP contribution in [0.3, 0.4) is 0 Å². The first-order valence-electron chi connectivity index (χ1n) is 8.12. The zero-order valence-electron chi connectivity index (χ0n) is 13.9. The van der Waals surface area contributed by atoms with Crippen molar-refractivity contribution in [2.45, 2.75) is 19.5 Å². The Morgan fingerprint density at radius 2 is 1.85 bits per heavy atom. The van der Waals surface area contributed by atoms with Crippen molar-refractivity contribution in [3.05, 3.63) is 83.1 Å². The van der Waals surface area contributed by atoms with Crippen molar-refractivity contribution < 1.29 is 13.2 Å². The highest BCUT2D eigenvalue weighted by atomic mass is 32.1. The van der Waals surface area contributed by atoms with Gasteiger partial charge in [0.2, 0.25) is 0 Å². The topological polar surface area (TPSA) is 16.1 Å². The maximum Gasteiger partial charge on any atom is 0.416 e. The molecule has 0 spiro atoms. The lowest BCUT2D eigenvalue weighted by Crippen LogP contribution is -2.20. The Balaban J connectivity index is 1.86. The van der Waals surface area contributed by atoms with Crippen molar-refractivity contribution in [1.29, 1.82) is 0 Å². The number of aryl methyl sites for hydroxylation is 1. The second-order valence-corrected chi connectivity index (χ2v) is 6.93. The smallest absolute Gasteiger partial charge is 0.300 e. The third-order valence-corrected chi connectivity index (χ3v) is 5.18. The van der Waals surface area contributed by atoms with E-state index in [2.05, 4.69) is 4.37 Å². The number of aromatic nitrogens is 1. The number of allylic oxidation sites excluding steroid dienone is 1. The number of anilines is 2. The predicted octanol–water partition coefficient (Wildman–Crippen LogP) is 6.21. The van der Waals surface area contributed by atoms with E-state index in [1.165, 1.54) is 23.7 Å². The summed E-state index contributed by atoms with van der Waals surface area (Å²) in [7, 11) is 0. The maximum atomic E-state index is 13.2. The molecule has 6 heteroatoms. The van der Waals surface area contributed by atoms with E-state index < -0.39 is 11.7 Å². The normalized spacial score (nSPS) is 14.2. The third kappa shape index (κ3) is 3.01. The van der Waals surface area contributed by atoms with E-state index >= 15 is 0 Å². The molecule has 0 atom stereocenters. The summed E-state index contributed by atoms with van der Waals surface area (Å²) in [6.07, 6.45) is -1.71. The van der Waals surface area contributed by atoms with Crippen LogP contribution in [0.2, 0.25) is 0 Å². The molecule has 0 radical (unpaired) electrons. The second kappa shape index (κ2) is 6.29. The number of hydrogen-bond donors (Lipinski definition) is 0. The van der Waals surface area contributed by atoms with Crippen LogP contribution in [0.5, 0.6) is 0 Å². The van der Waals surface area contributed by atoms with Crippen LogP contribution in [0.25, 0.3) is 5.70 Å². The first kappa shape index (κ1) is 16.8. The van der Waals surface area contributed by atoms with E-state index in [0.717, 1.165) is 33.7 Å². The Morgan fingerprint density at radius 3 is 2.58 bits per heavy atom. The summed E-state index contributed by atoms with van der Waals surface area (Å²) in [6, 6.07) is 15.4. The van der Waals surface area contributed by atoms with E-state index in [1.54, 1.807) is 6.07 Å². The van der Waals surface area contributed by atoms with Gasteiger partial charge in [-0.15, -0.1) is 0 Å². The molecule has 4 rings (SSSR count). The largest absolute Gasteiger partial charge is 0.416 e. The lowest BCUT2D eigenvalue weighted by molar-refractivity contribution is -0.137. The highest BCUT2D eigenvalue weighted by Crippen LogP contribution is 2.42. The van der Waals surface area contributed by atoms with Crippen LogP contribution in [0.1, 0.15) is 22.4 Å². The van der Waals surface area contributed by atoms with Crippen LogP contribution in [0.15, 0.2) is 60.7 Å². The zero-order valence-corrected chi connectivity index (χ0v) is 14.7. The number of nitrogens with zero attached hydrogens (tertiary/aromatic N) is 2. The Bertz CT molecular complexity index is 988. The van der Waals surface area contributed by atoms with Gasteiger partial charge in [0.25, 0.3) is 0 Å². The highest BCUT2D eigenvalue weighted by molar-refractivity contribution is 7.10. The van der Waals surface area contributed by atoms with Crippen molar-refractivity contribution in [3.8, 4) is 0 Å². The Morgan fingerprint density at radius 1 is 1.04 bits per heavy atom. The first-order chi connectivity index (χ1) is 12.4. The standard InChI is InChI=1S/C20H15F3N2S/c1-13-11-19(26-24-13)25-17-8-3-2-5-14(17)9-10-18(25)15-6-4-7-16(12-15)20(21,22)23/h2-8,10-12H,9H2,1H3. The first-order valence-corrected chi connectivity index (χ1v) is 8.90. The molecule has 1 aromatic heterocycles. The van der Waals surface area contributed by atoms with Gasteiger partial charge < -0.3 is 4.90 Å². The predicted molar refractivity (Wildman–Crippen MR) is 98.6 cm³/mol. The number of halogens is 3. The average Bonchev–Trinajstić information content (AvgIpc) is 3.06. The number of hydrogen-bond acceptors (Lipinski definition) is 3. The summed E-state index contributed by atoms with van der Waals surface area (Å²) in [5.41, 5.74) is 3.64.